The van der Waals surface area contributed by atoms with Crippen LogP contribution in [0.5, 0.6) is 0 Å². The molecule has 9 heteroatoms. The van der Waals surface area contributed by atoms with Crippen LogP contribution in [-0.4, -0.2) is 35.4 Å². The lowest BCUT2D eigenvalue weighted by Crippen LogP contribution is -2.37. The molecule has 7 nitrogen and oxygen atoms in total. The molecule has 2 aromatic carbocycles. The maximum absolute atomic E-state index is 14.0. The molecule has 0 spiro atoms. The van der Waals surface area contributed by atoms with Crippen LogP contribution in [0.15, 0.2) is 46.9 Å². The van der Waals surface area contributed by atoms with Gasteiger partial charge < -0.3 is 20.0 Å². The number of rotatable bonds is 4. The quantitative estimate of drug-likeness (QED) is 0.605. The number of benzene rings is 2. The number of carbonyl (C=O) groups excluding carboxylic acids is 1. The number of amides is 2. The third kappa shape index (κ3) is 4.27. The lowest BCUT2D eigenvalue weighted by molar-refractivity contribution is 0.250. The van der Waals surface area contributed by atoms with Gasteiger partial charge in [-0.3, -0.25) is 0 Å². The van der Waals surface area contributed by atoms with Gasteiger partial charge in [-0.2, -0.15) is 0 Å². The van der Waals surface area contributed by atoms with Crippen LogP contribution in [0.3, 0.4) is 0 Å². The van der Waals surface area contributed by atoms with Gasteiger partial charge in [0.15, 0.2) is 0 Å². The van der Waals surface area contributed by atoms with E-state index in [1.54, 1.807) is 12.1 Å². The van der Waals surface area contributed by atoms with Crippen LogP contribution in [0.1, 0.15) is 26.7 Å². The SMILES string of the molecule is CC(C)(C)c1nnc(-c2cccc(NC(=O)NC3C4CN(c5ccc(F)cc5F)CC43)c2)o1. The highest BCUT2D eigenvalue weighted by Crippen LogP contribution is 2.47. The molecule has 2 aliphatic rings. The highest BCUT2D eigenvalue weighted by molar-refractivity contribution is 5.90. The van der Waals surface area contributed by atoms with Gasteiger partial charge in [0.2, 0.25) is 11.8 Å². The van der Waals surface area contributed by atoms with E-state index in [2.05, 4.69) is 20.8 Å². The van der Waals surface area contributed by atoms with E-state index in [-0.39, 0.29) is 29.3 Å². The molecular formula is C24H25F2N5O2. The zero-order valence-electron chi connectivity index (χ0n) is 18.6. The molecule has 2 heterocycles. The smallest absolute Gasteiger partial charge is 0.319 e. The Balaban J connectivity index is 1.17. The van der Waals surface area contributed by atoms with E-state index in [0.717, 1.165) is 11.6 Å². The van der Waals surface area contributed by atoms with Crippen LogP contribution in [0, 0.1) is 23.5 Å². The predicted octanol–water partition coefficient (Wildman–Crippen LogP) is 4.57. The number of anilines is 2. The predicted molar refractivity (Wildman–Crippen MR) is 120 cm³/mol. The molecule has 1 aliphatic heterocycles. The molecule has 1 aromatic heterocycles. The van der Waals surface area contributed by atoms with Gasteiger partial charge in [-0.25, -0.2) is 13.6 Å². The molecule has 5 rings (SSSR count). The van der Waals surface area contributed by atoms with Crippen LogP contribution < -0.4 is 15.5 Å². The molecule has 33 heavy (non-hydrogen) atoms. The van der Waals surface area contributed by atoms with Gasteiger partial charge in [0.1, 0.15) is 11.6 Å². The second-order valence-corrected chi connectivity index (χ2v) is 9.70. The molecule has 0 bridgehead atoms. The highest BCUT2D eigenvalue weighted by atomic mass is 19.1. The van der Waals surface area contributed by atoms with Gasteiger partial charge in [-0.05, 0) is 30.3 Å². The van der Waals surface area contributed by atoms with Crippen LogP contribution in [0.4, 0.5) is 25.0 Å². The third-order valence-electron chi connectivity index (χ3n) is 6.18. The summed E-state index contributed by atoms with van der Waals surface area (Å²) in [5.41, 5.74) is 1.48. The fourth-order valence-corrected chi connectivity index (χ4v) is 4.37. The highest BCUT2D eigenvalue weighted by Gasteiger charge is 2.56. The Morgan fingerprint density at radius 3 is 2.52 bits per heavy atom. The molecule has 1 saturated carbocycles. The number of hydrogen-bond donors (Lipinski definition) is 2. The van der Waals surface area contributed by atoms with Crippen LogP contribution in [0.2, 0.25) is 0 Å². The topological polar surface area (TPSA) is 83.3 Å². The van der Waals surface area contributed by atoms with E-state index in [0.29, 0.717) is 36.2 Å². The van der Waals surface area contributed by atoms with Gasteiger partial charge in [-0.1, -0.05) is 26.8 Å². The van der Waals surface area contributed by atoms with Crippen molar-refractivity contribution >= 4 is 17.4 Å². The minimum atomic E-state index is -0.588. The third-order valence-corrected chi connectivity index (χ3v) is 6.18. The van der Waals surface area contributed by atoms with E-state index < -0.39 is 11.6 Å². The first-order valence-corrected chi connectivity index (χ1v) is 10.9. The van der Waals surface area contributed by atoms with Gasteiger partial charge in [0.05, 0.1) is 5.69 Å². The number of nitrogens with zero attached hydrogens (tertiary/aromatic N) is 3. The summed E-state index contributed by atoms with van der Waals surface area (Å²) in [5.74, 6) is 0.294. The van der Waals surface area contributed by atoms with Crippen LogP contribution >= 0.6 is 0 Å². The minimum absolute atomic E-state index is 0.0400. The van der Waals surface area contributed by atoms with Crippen molar-refractivity contribution in [3.63, 3.8) is 0 Å². The van der Waals surface area contributed by atoms with Crippen LogP contribution in [-0.2, 0) is 5.41 Å². The lowest BCUT2D eigenvalue weighted by Gasteiger charge is -2.23. The first-order chi connectivity index (χ1) is 15.7. The lowest BCUT2D eigenvalue weighted by atomic mass is 9.97. The van der Waals surface area contributed by atoms with Crippen LogP contribution in [0.25, 0.3) is 11.5 Å². The summed E-state index contributed by atoms with van der Waals surface area (Å²) in [4.78, 5) is 14.4. The Morgan fingerprint density at radius 1 is 1.09 bits per heavy atom. The molecule has 3 aromatic rings. The molecule has 2 amide bonds. The summed E-state index contributed by atoms with van der Waals surface area (Å²) < 4.78 is 33.0. The molecule has 0 radical (unpaired) electrons. The average molecular weight is 453 g/mol. The van der Waals surface area contributed by atoms with E-state index >= 15 is 0 Å². The minimum Gasteiger partial charge on any atom is -0.420 e. The van der Waals surface area contributed by atoms with Crippen molar-refractivity contribution in [1.82, 2.24) is 15.5 Å². The second kappa shape index (κ2) is 7.83. The van der Waals surface area contributed by atoms with E-state index in [9.17, 15) is 13.6 Å². The zero-order valence-corrected chi connectivity index (χ0v) is 18.6. The fraction of sp³-hybridized carbons (Fsp3) is 0.375. The monoisotopic (exact) mass is 453 g/mol. The van der Waals surface area contributed by atoms with Crippen molar-refractivity contribution in [1.29, 1.82) is 0 Å². The summed E-state index contributed by atoms with van der Waals surface area (Å²) in [7, 11) is 0. The zero-order chi connectivity index (χ0) is 23.3. The number of hydrogen-bond acceptors (Lipinski definition) is 5. The van der Waals surface area contributed by atoms with Crippen molar-refractivity contribution < 1.29 is 18.0 Å². The molecule has 2 N–H and O–H groups in total. The summed E-state index contributed by atoms with van der Waals surface area (Å²) in [6, 6.07) is 10.6. The van der Waals surface area contributed by atoms with Gasteiger partial charge >= 0.3 is 6.03 Å². The Kier molecular flexibility index (Phi) is 5.07. The standard InChI is InChI=1S/C24H25F2N5O2/c1-24(2,3)22-30-29-21(33-22)13-5-4-6-15(9-13)27-23(32)28-20-16-11-31(12-17(16)20)19-8-7-14(25)10-18(19)26/h4-10,16-17,20H,11-12H2,1-3H3,(H2,27,28,32). The van der Waals surface area contributed by atoms with Crippen molar-refractivity contribution in [3.05, 3.63) is 60.0 Å². The summed E-state index contributed by atoms with van der Waals surface area (Å²) >= 11 is 0. The fourth-order valence-electron chi connectivity index (χ4n) is 4.37. The van der Waals surface area contributed by atoms with Crippen molar-refractivity contribution in [2.45, 2.75) is 32.2 Å². The van der Waals surface area contributed by atoms with Gasteiger partial charge in [-0.15, -0.1) is 10.2 Å². The van der Waals surface area contributed by atoms with Crippen molar-refractivity contribution in [3.8, 4) is 11.5 Å². The molecule has 2 atom stereocenters. The first-order valence-electron chi connectivity index (χ1n) is 10.9. The summed E-state index contributed by atoms with van der Waals surface area (Å²) in [6.07, 6.45) is 0. The maximum atomic E-state index is 14.0. The normalized spacial score (nSPS) is 21.6. The summed E-state index contributed by atoms with van der Waals surface area (Å²) in [5, 5.41) is 14.1. The Labute approximate surface area is 190 Å². The number of carbonyl (C=O) groups is 1. The Bertz CT molecular complexity index is 1190. The molecular weight excluding hydrogens is 428 g/mol. The first kappa shape index (κ1) is 21.4. The van der Waals surface area contributed by atoms with Gasteiger partial charge in [0.25, 0.3) is 0 Å². The van der Waals surface area contributed by atoms with E-state index in [1.165, 1.54) is 12.1 Å². The van der Waals surface area contributed by atoms with Crippen molar-refractivity contribution in [2.24, 2.45) is 11.8 Å². The number of halogens is 2. The molecule has 2 unspecified atom stereocenters. The number of urea groups is 1. The molecule has 1 saturated heterocycles. The molecule has 2 fully saturated rings. The second-order valence-electron chi connectivity index (χ2n) is 9.70. The largest absolute Gasteiger partial charge is 0.420 e. The molecule has 172 valence electrons. The number of aromatic nitrogens is 2. The average Bonchev–Trinajstić information content (AvgIpc) is 3.16. The van der Waals surface area contributed by atoms with E-state index in [1.807, 2.05) is 37.8 Å². The number of piperidine rings is 1. The maximum Gasteiger partial charge on any atom is 0.319 e. The Morgan fingerprint density at radius 2 is 1.85 bits per heavy atom. The Hall–Kier alpha value is -3.49. The summed E-state index contributed by atoms with van der Waals surface area (Å²) in [6.45, 7) is 7.24. The van der Waals surface area contributed by atoms with E-state index in [4.69, 9.17) is 4.42 Å². The number of nitrogens with one attached hydrogen (secondary N) is 2. The van der Waals surface area contributed by atoms with Gasteiger partial charge in [0, 0.05) is 53.7 Å². The van der Waals surface area contributed by atoms with Crippen molar-refractivity contribution in [2.75, 3.05) is 23.3 Å². The number of fused-ring (bicyclic) bond motifs is 1. The molecule has 1 aliphatic carbocycles.